The molecule has 0 bridgehead atoms. The highest BCUT2D eigenvalue weighted by Crippen LogP contribution is 2.53. The number of methoxy groups -OCH3 is 1. The third-order valence-corrected chi connectivity index (χ3v) is 5.74. The van der Waals surface area contributed by atoms with Crippen molar-refractivity contribution in [2.45, 2.75) is 25.4 Å². The molecule has 2 aromatic carbocycles. The average molecular weight is 452 g/mol. The molecule has 0 saturated heterocycles. The zero-order valence-corrected chi connectivity index (χ0v) is 17.7. The third-order valence-electron chi connectivity index (χ3n) is 5.31. The van der Waals surface area contributed by atoms with Gasteiger partial charge < -0.3 is 18.9 Å². The van der Waals surface area contributed by atoms with Crippen LogP contribution in [0.3, 0.4) is 0 Å². The first-order valence-electron chi connectivity index (χ1n) is 9.69. The molecule has 0 N–H and O–H groups in total. The van der Waals surface area contributed by atoms with Gasteiger partial charge in [0.25, 0.3) is 0 Å². The number of esters is 1. The van der Waals surface area contributed by atoms with Crippen LogP contribution in [0.4, 0.5) is 3.89 Å². The SMILES string of the molecule is CCCOc1ccc2c(c1)C(OS(=O)(=O)F)C(C(=O)OC)C2c1ccc2c(c1)OCO2. The molecule has 4 rings (SSSR count). The molecule has 3 atom stereocenters. The highest BCUT2D eigenvalue weighted by Gasteiger charge is 2.49. The van der Waals surface area contributed by atoms with Crippen molar-refractivity contribution in [2.24, 2.45) is 5.92 Å². The Morgan fingerprint density at radius 1 is 1.13 bits per heavy atom. The Labute approximate surface area is 179 Å². The van der Waals surface area contributed by atoms with Crippen LogP contribution in [-0.2, 0) is 24.2 Å². The normalized spacial score (nSPS) is 21.6. The molecule has 8 nitrogen and oxygen atoms in total. The fourth-order valence-corrected chi connectivity index (χ4v) is 4.55. The third kappa shape index (κ3) is 4.17. The summed E-state index contributed by atoms with van der Waals surface area (Å²) in [4.78, 5) is 12.7. The van der Waals surface area contributed by atoms with Crippen molar-refractivity contribution in [3.8, 4) is 17.2 Å². The van der Waals surface area contributed by atoms with Gasteiger partial charge >= 0.3 is 16.5 Å². The second kappa shape index (κ2) is 8.35. The van der Waals surface area contributed by atoms with E-state index in [-0.39, 0.29) is 6.79 Å². The number of ether oxygens (including phenoxy) is 4. The molecule has 0 spiro atoms. The Bertz CT molecular complexity index is 1100. The molecule has 0 fully saturated rings. The number of hydrogen-bond donors (Lipinski definition) is 0. The number of carbonyl (C=O) groups excluding carboxylic acids is 1. The summed E-state index contributed by atoms with van der Waals surface area (Å²) < 4.78 is 62.5. The maximum Gasteiger partial charge on any atom is 0.438 e. The van der Waals surface area contributed by atoms with Gasteiger partial charge in [0.05, 0.1) is 19.6 Å². The first kappa shape index (κ1) is 21.4. The number of benzene rings is 2. The van der Waals surface area contributed by atoms with Crippen molar-refractivity contribution < 1.29 is 40.2 Å². The van der Waals surface area contributed by atoms with Gasteiger partial charge in [0.15, 0.2) is 11.5 Å². The fraction of sp³-hybridized carbons (Fsp3) is 0.381. The van der Waals surface area contributed by atoms with Gasteiger partial charge in [-0.2, -0.15) is 8.42 Å². The van der Waals surface area contributed by atoms with Gasteiger partial charge in [-0.15, -0.1) is 0 Å². The molecule has 10 heteroatoms. The lowest BCUT2D eigenvalue weighted by Crippen LogP contribution is -2.27. The van der Waals surface area contributed by atoms with Gasteiger partial charge in [-0.3, -0.25) is 4.79 Å². The second-order valence-corrected chi connectivity index (χ2v) is 8.17. The number of hydrogen-bond acceptors (Lipinski definition) is 8. The van der Waals surface area contributed by atoms with Crippen molar-refractivity contribution in [1.29, 1.82) is 0 Å². The summed E-state index contributed by atoms with van der Waals surface area (Å²) in [7, 11) is -4.18. The topological polar surface area (TPSA) is 97.4 Å². The average Bonchev–Trinajstić information content (AvgIpc) is 3.32. The predicted molar refractivity (Wildman–Crippen MR) is 106 cm³/mol. The van der Waals surface area contributed by atoms with E-state index in [0.717, 1.165) is 6.42 Å². The summed E-state index contributed by atoms with van der Waals surface area (Å²) in [5.74, 6) is -1.03. The van der Waals surface area contributed by atoms with E-state index < -0.39 is 34.4 Å². The van der Waals surface area contributed by atoms with Crippen LogP contribution >= 0.6 is 0 Å². The predicted octanol–water partition coefficient (Wildman–Crippen LogP) is 3.41. The highest BCUT2D eigenvalue weighted by atomic mass is 32.3. The number of carbonyl (C=O) groups is 1. The Morgan fingerprint density at radius 2 is 1.90 bits per heavy atom. The standard InChI is InChI=1S/C21H21FO8S/c1-3-8-27-13-5-6-14-15(10-13)20(30-31(22,24)25)19(21(23)26-2)18(14)12-4-7-16-17(9-12)29-11-28-16/h4-7,9-10,18-20H,3,8,11H2,1-2H3. The van der Waals surface area contributed by atoms with Gasteiger partial charge in [0.1, 0.15) is 11.9 Å². The van der Waals surface area contributed by atoms with Crippen LogP contribution in [0.2, 0.25) is 0 Å². The first-order valence-corrected chi connectivity index (χ1v) is 11.0. The van der Waals surface area contributed by atoms with Crippen LogP contribution in [0.15, 0.2) is 36.4 Å². The first-order chi connectivity index (χ1) is 14.8. The number of fused-ring (bicyclic) bond motifs is 2. The van der Waals surface area contributed by atoms with Gasteiger partial charge in [0.2, 0.25) is 6.79 Å². The minimum absolute atomic E-state index is 0.0738. The molecule has 1 heterocycles. The highest BCUT2D eigenvalue weighted by molar-refractivity contribution is 7.81. The smallest absolute Gasteiger partial charge is 0.438 e. The van der Waals surface area contributed by atoms with Gasteiger partial charge in [-0.25, -0.2) is 4.18 Å². The van der Waals surface area contributed by atoms with Crippen LogP contribution < -0.4 is 14.2 Å². The summed E-state index contributed by atoms with van der Waals surface area (Å²) in [6.45, 7) is 2.46. The summed E-state index contributed by atoms with van der Waals surface area (Å²) in [6, 6.07) is 10.2. The molecular formula is C21H21FO8S. The lowest BCUT2D eigenvalue weighted by molar-refractivity contribution is -0.148. The van der Waals surface area contributed by atoms with Crippen molar-refractivity contribution in [2.75, 3.05) is 20.5 Å². The van der Waals surface area contributed by atoms with Crippen LogP contribution in [0.1, 0.15) is 42.1 Å². The van der Waals surface area contributed by atoms with E-state index in [1.54, 1.807) is 36.4 Å². The van der Waals surface area contributed by atoms with Crippen LogP contribution in [0.5, 0.6) is 17.2 Å². The van der Waals surface area contributed by atoms with Crippen LogP contribution in [0, 0.1) is 5.92 Å². The number of rotatable bonds is 7. The maximum absolute atomic E-state index is 13.6. The van der Waals surface area contributed by atoms with Crippen molar-refractivity contribution in [3.05, 3.63) is 53.1 Å². The minimum atomic E-state index is -5.36. The second-order valence-electron chi connectivity index (χ2n) is 7.19. The van der Waals surface area contributed by atoms with E-state index in [9.17, 15) is 17.1 Å². The Kier molecular flexibility index (Phi) is 5.76. The fourth-order valence-electron chi connectivity index (χ4n) is 4.08. The molecule has 1 aliphatic heterocycles. The summed E-state index contributed by atoms with van der Waals surface area (Å²) >= 11 is 0. The van der Waals surface area contributed by atoms with E-state index in [0.29, 0.717) is 40.5 Å². The van der Waals surface area contributed by atoms with Crippen molar-refractivity contribution >= 4 is 16.5 Å². The molecule has 3 unspecified atom stereocenters. The van der Waals surface area contributed by atoms with Crippen molar-refractivity contribution in [3.63, 3.8) is 0 Å². The molecule has 31 heavy (non-hydrogen) atoms. The Morgan fingerprint density at radius 3 is 2.61 bits per heavy atom. The van der Waals surface area contributed by atoms with E-state index >= 15 is 0 Å². The molecule has 0 saturated carbocycles. The molecule has 2 aromatic rings. The number of halogens is 1. The molecule has 2 aliphatic rings. The summed E-state index contributed by atoms with van der Waals surface area (Å²) in [5.41, 5.74) is 1.59. The van der Waals surface area contributed by atoms with E-state index in [2.05, 4.69) is 0 Å². The van der Waals surface area contributed by atoms with E-state index in [4.69, 9.17) is 23.1 Å². The van der Waals surface area contributed by atoms with Gasteiger partial charge in [-0.05, 0) is 47.4 Å². The summed E-state index contributed by atoms with van der Waals surface area (Å²) in [6.07, 6.45) is -0.654. The quantitative estimate of drug-likeness (QED) is 0.466. The minimum Gasteiger partial charge on any atom is -0.494 e. The van der Waals surface area contributed by atoms with Gasteiger partial charge in [-0.1, -0.05) is 22.9 Å². The largest absolute Gasteiger partial charge is 0.494 e. The molecule has 1 aliphatic carbocycles. The monoisotopic (exact) mass is 452 g/mol. The molecule has 0 radical (unpaired) electrons. The molecule has 0 amide bonds. The van der Waals surface area contributed by atoms with E-state index in [1.165, 1.54) is 7.11 Å². The van der Waals surface area contributed by atoms with Crippen LogP contribution in [-0.4, -0.2) is 34.9 Å². The van der Waals surface area contributed by atoms with Gasteiger partial charge in [0, 0.05) is 5.92 Å². The molecular weight excluding hydrogens is 431 g/mol. The van der Waals surface area contributed by atoms with Crippen LogP contribution in [0.25, 0.3) is 0 Å². The molecule has 0 aromatic heterocycles. The Balaban J connectivity index is 1.85. The lowest BCUT2D eigenvalue weighted by atomic mass is 9.85. The Hall–Kier alpha value is -2.85. The van der Waals surface area contributed by atoms with Crippen molar-refractivity contribution in [1.82, 2.24) is 0 Å². The zero-order valence-electron chi connectivity index (χ0n) is 16.9. The van der Waals surface area contributed by atoms with E-state index in [1.807, 2.05) is 6.92 Å². The summed E-state index contributed by atoms with van der Waals surface area (Å²) in [5, 5.41) is 0. The maximum atomic E-state index is 13.6. The molecule has 166 valence electrons. The zero-order chi connectivity index (χ0) is 22.2. The lowest BCUT2D eigenvalue weighted by Gasteiger charge is -2.22.